The van der Waals surface area contributed by atoms with Gasteiger partial charge in [-0.1, -0.05) is 20.8 Å². The molecule has 2 aliphatic heterocycles. The standard InChI is InChI=1S/C30H36O10/c1-14-18-12-23(32)39-22-11-17-7-9-20(38-15(2)31)27(33)29(17,3)26(30(18,22)4)25(24(14)35-5)40-28(34)16-6-8-19-21(10-16)37-13-36-19/h6,8,10,14,17-18,20,22,24-26H,7,9,11-13H2,1-5H3/t14-,17-,18+,20+,22-,24+,25?,26?,29+,30-/m1/s1. The van der Waals surface area contributed by atoms with E-state index in [1.165, 1.54) is 6.92 Å². The zero-order valence-electron chi connectivity index (χ0n) is 23.5. The van der Waals surface area contributed by atoms with Crippen LogP contribution in [0.4, 0.5) is 0 Å². The van der Waals surface area contributed by atoms with Crippen molar-refractivity contribution in [2.75, 3.05) is 13.9 Å². The third kappa shape index (κ3) is 3.78. The second kappa shape index (κ2) is 9.46. The van der Waals surface area contributed by atoms with Crippen molar-refractivity contribution in [2.24, 2.45) is 34.5 Å². The Labute approximate surface area is 232 Å². The summed E-state index contributed by atoms with van der Waals surface area (Å²) in [6, 6.07) is 4.87. The van der Waals surface area contributed by atoms with Gasteiger partial charge in [0.1, 0.15) is 12.2 Å². The maximum Gasteiger partial charge on any atom is 0.338 e. The van der Waals surface area contributed by atoms with E-state index in [9.17, 15) is 19.2 Å². The number of fused-ring (bicyclic) bond motifs is 3. The first kappa shape index (κ1) is 27.1. The van der Waals surface area contributed by atoms with Gasteiger partial charge in [-0.15, -0.1) is 0 Å². The van der Waals surface area contributed by atoms with E-state index in [1.807, 2.05) is 13.8 Å². The lowest BCUT2D eigenvalue weighted by atomic mass is 9.38. The van der Waals surface area contributed by atoms with Crippen LogP contribution in [0.3, 0.4) is 0 Å². The molecule has 0 bridgehead atoms. The zero-order valence-corrected chi connectivity index (χ0v) is 23.5. The summed E-state index contributed by atoms with van der Waals surface area (Å²) in [4.78, 5) is 52.7. The lowest BCUT2D eigenvalue weighted by Crippen LogP contribution is -2.74. The van der Waals surface area contributed by atoms with Gasteiger partial charge in [-0.25, -0.2) is 4.79 Å². The van der Waals surface area contributed by atoms with Gasteiger partial charge in [0.15, 0.2) is 23.4 Å². The lowest BCUT2D eigenvalue weighted by molar-refractivity contribution is -0.281. The Balaban J connectivity index is 1.45. The van der Waals surface area contributed by atoms with Crippen molar-refractivity contribution in [2.45, 2.75) is 77.8 Å². The van der Waals surface area contributed by atoms with Crippen molar-refractivity contribution >= 4 is 23.7 Å². The molecule has 10 atom stereocenters. The van der Waals surface area contributed by atoms with Crippen molar-refractivity contribution in [1.29, 1.82) is 0 Å². The summed E-state index contributed by atoms with van der Waals surface area (Å²) in [5, 5.41) is 0. The SMILES string of the molecule is CO[C@@H]1C(OC(=O)c2ccc3c(c2)OCO3)C2[C@@]3(C)[C@@H](C[C@H]4CC[C@H](OC(C)=O)C(=O)[C@]24C)OC(=O)C[C@H]3[C@H]1C. The number of esters is 3. The number of rotatable bonds is 4. The zero-order chi connectivity index (χ0) is 28.6. The van der Waals surface area contributed by atoms with E-state index in [4.69, 9.17) is 28.4 Å². The second-order valence-corrected chi connectivity index (χ2v) is 12.4. The van der Waals surface area contributed by atoms with Crippen LogP contribution in [-0.4, -0.2) is 62.0 Å². The quantitative estimate of drug-likeness (QED) is 0.402. The molecule has 40 heavy (non-hydrogen) atoms. The van der Waals surface area contributed by atoms with Crippen LogP contribution in [0.2, 0.25) is 0 Å². The fourth-order valence-corrected chi connectivity index (χ4v) is 8.89. The van der Waals surface area contributed by atoms with E-state index in [-0.39, 0.29) is 48.3 Å². The molecular formula is C30H36O10. The maximum atomic E-state index is 14.3. The van der Waals surface area contributed by atoms with Gasteiger partial charge in [0.2, 0.25) is 6.79 Å². The van der Waals surface area contributed by atoms with Gasteiger partial charge in [-0.2, -0.15) is 0 Å². The van der Waals surface area contributed by atoms with Crippen LogP contribution < -0.4 is 9.47 Å². The molecule has 1 saturated heterocycles. The van der Waals surface area contributed by atoms with Gasteiger partial charge in [-0.05, 0) is 55.2 Å². The molecule has 4 fully saturated rings. The third-order valence-corrected chi connectivity index (χ3v) is 10.7. The molecule has 0 spiro atoms. The Kier molecular flexibility index (Phi) is 6.40. The van der Waals surface area contributed by atoms with Gasteiger partial charge in [0.05, 0.1) is 11.7 Å². The number of hydrogen-bond donors (Lipinski definition) is 0. The molecule has 0 radical (unpaired) electrons. The minimum Gasteiger partial charge on any atom is -0.462 e. The number of ether oxygens (including phenoxy) is 6. The Morgan fingerprint density at radius 3 is 2.50 bits per heavy atom. The Morgan fingerprint density at radius 1 is 1.02 bits per heavy atom. The van der Waals surface area contributed by atoms with Crippen molar-refractivity contribution in [3.05, 3.63) is 23.8 Å². The molecule has 5 aliphatic rings. The van der Waals surface area contributed by atoms with E-state index in [2.05, 4.69) is 6.92 Å². The van der Waals surface area contributed by atoms with Crippen LogP contribution in [0.25, 0.3) is 0 Å². The smallest absolute Gasteiger partial charge is 0.338 e. The average Bonchev–Trinajstić information content (AvgIpc) is 3.37. The Morgan fingerprint density at radius 2 is 1.77 bits per heavy atom. The first-order valence-electron chi connectivity index (χ1n) is 14.0. The topological polar surface area (TPSA) is 124 Å². The van der Waals surface area contributed by atoms with Crippen LogP contribution in [0.15, 0.2) is 18.2 Å². The Bertz CT molecular complexity index is 1260. The second-order valence-electron chi connectivity index (χ2n) is 12.4. The largest absolute Gasteiger partial charge is 0.462 e. The highest BCUT2D eigenvalue weighted by Crippen LogP contribution is 2.68. The monoisotopic (exact) mass is 556 g/mol. The maximum absolute atomic E-state index is 14.3. The van der Waals surface area contributed by atoms with Gasteiger partial charge in [0.25, 0.3) is 0 Å². The third-order valence-electron chi connectivity index (χ3n) is 10.7. The number of carbonyl (C=O) groups is 4. The fourth-order valence-electron chi connectivity index (χ4n) is 8.89. The number of carbonyl (C=O) groups excluding carboxylic acids is 4. The highest BCUT2D eigenvalue weighted by atomic mass is 16.7. The highest BCUT2D eigenvalue weighted by Gasteiger charge is 2.74. The molecule has 3 saturated carbocycles. The minimum atomic E-state index is -1.01. The van der Waals surface area contributed by atoms with Crippen molar-refractivity contribution in [3.63, 3.8) is 0 Å². The van der Waals surface area contributed by atoms with Gasteiger partial charge in [0, 0.05) is 37.2 Å². The summed E-state index contributed by atoms with van der Waals surface area (Å²) in [7, 11) is 1.57. The summed E-state index contributed by atoms with van der Waals surface area (Å²) < 4.78 is 34.7. The number of benzene rings is 1. The average molecular weight is 557 g/mol. The minimum absolute atomic E-state index is 0.0764. The van der Waals surface area contributed by atoms with E-state index < -0.39 is 53.1 Å². The van der Waals surface area contributed by atoms with E-state index in [0.717, 1.165) is 0 Å². The normalized spacial score (nSPS) is 41.3. The van der Waals surface area contributed by atoms with Crippen LogP contribution in [0.1, 0.15) is 63.7 Å². The molecule has 0 N–H and O–H groups in total. The van der Waals surface area contributed by atoms with Crippen LogP contribution >= 0.6 is 0 Å². The molecule has 6 rings (SSSR count). The van der Waals surface area contributed by atoms with Crippen LogP contribution in [0, 0.1) is 34.5 Å². The van der Waals surface area contributed by atoms with Crippen molar-refractivity contribution in [1.82, 2.24) is 0 Å². The molecule has 0 aromatic heterocycles. The highest BCUT2D eigenvalue weighted by molar-refractivity contribution is 5.93. The summed E-state index contributed by atoms with van der Waals surface area (Å²) in [5.74, 6) is -1.54. The summed E-state index contributed by atoms with van der Waals surface area (Å²) in [6.07, 6.45) is -0.996. The summed E-state index contributed by atoms with van der Waals surface area (Å²) >= 11 is 0. The van der Waals surface area contributed by atoms with Gasteiger partial charge < -0.3 is 28.4 Å². The molecule has 1 aromatic carbocycles. The first-order chi connectivity index (χ1) is 19.0. The predicted octanol–water partition coefficient (Wildman–Crippen LogP) is 3.48. The first-order valence-corrected chi connectivity index (χ1v) is 14.0. The molecule has 2 unspecified atom stereocenters. The molecule has 216 valence electrons. The number of methoxy groups -OCH3 is 1. The summed E-state index contributed by atoms with van der Waals surface area (Å²) in [6.45, 7) is 7.37. The molecule has 2 heterocycles. The van der Waals surface area contributed by atoms with E-state index in [0.29, 0.717) is 30.8 Å². The van der Waals surface area contributed by atoms with Gasteiger partial charge >= 0.3 is 17.9 Å². The molecule has 10 nitrogen and oxygen atoms in total. The van der Waals surface area contributed by atoms with E-state index >= 15 is 0 Å². The number of hydrogen-bond acceptors (Lipinski definition) is 10. The molecular weight excluding hydrogens is 520 g/mol. The Hall–Kier alpha value is -3.14. The predicted molar refractivity (Wildman–Crippen MR) is 137 cm³/mol. The van der Waals surface area contributed by atoms with Crippen molar-refractivity contribution < 1.29 is 47.6 Å². The lowest BCUT2D eigenvalue weighted by Gasteiger charge is -2.68. The number of Topliss-reactive ketones (excluding diaryl/α,β-unsaturated/α-hetero) is 1. The molecule has 0 amide bonds. The molecule has 10 heteroatoms. The van der Waals surface area contributed by atoms with E-state index in [1.54, 1.807) is 25.3 Å². The van der Waals surface area contributed by atoms with Crippen LogP contribution in [-0.2, 0) is 33.3 Å². The molecule has 3 aliphatic carbocycles. The van der Waals surface area contributed by atoms with Crippen molar-refractivity contribution in [3.8, 4) is 11.5 Å². The molecule has 1 aromatic rings. The van der Waals surface area contributed by atoms with Gasteiger partial charge in [-0.3, -0.25) is 14.4 Å². The summed E-state index contributed by atoms with van der Waals surface area (Å²) in [5.41, 5.74) is -1.40. The van der Waals surface area contributed by atoms with Crippen LogP contribution in [0.5, 0.6) is 11.5 Å². The fraction of sp³-hybridized carbons (Fsp3) is 0.667. The number of ketones is 1.